The van der Waals surface area contributed by atoms with Crippen LogP contribution in [-0.4, -0.2) is 265 Å². The van der Waals surface area contributed by atoms with E-state index in [-0.39, 0.29) is 278 Å². The summed E-state index contributed by atoms with van der Waals surface area (Å²) in [5, 5.41) is 65.1. The number of amides is 1. The van der Waals surface area contributed by atoms with E-state index in [0.717, 1.165) is 13.0 Å². The summed E-state index contributed by atoms with van der Waals surface area (Å²) in [7, 11) is -19.4. The van der Waals surface area contributed by atoms with Gasteiger partial charge < -0.3 is 114 Å². The Morgan fingerprint density at radius 3 is 1.21 bits per heavy atom. The summed E-state index contributed by atoms with van der Waals surface area (Å²) in [6.07, 6.45) is -16.9. The van der Waals surface area contributed by atoms with Gasteiger partial charge in [0.05, 0.1) is 18.3 Å². The molecule has 59 heteroatoms. The Labute approximate surface area is 727 Å². The summed E-state index contributed by atoms with van der Waals surface area (Å²) in [5.41, 5.74) is 0. The molecule has 5 saturated heterocycles. The average Bonchev–Trinajstić information content (AvgIpc) is 3.30. The zero-order valence-corrected chi connectivity index (χ0v) is 72.8. The first kappa shape index (κ1) is 128. The van der Waals surface area contributed by atoms with Crippen molar-refractivity contribution in [3.8, 4) is 0 Å². The van der Waals surface area contributed by atoms with Gasteiger partial charge in [-0.05, 0) is 42.7 Å². The molecule has 5 heterocycles. The second kappa shape index (κ2) is 75.3. The number of rotatable bonds is 12. The van der Waals surface area contributed by atoms with E-state index in [2.05, 4.69) is 26.1 Å². The Bertz CT molecular complexity index is 2430. The van der Waals surface area contributed by atoms with Gasteiger partial charge in [-0.15, -0.1) is 63.1 Å². The maximum absolute atomic E-state index is 11.8. The minimum atomic E-state index is -3.11. The molecule has 91 heavy (non-hydrogen) atoms. The second-order valence-corrected chi connectivity index (χ2v) is 16.5. The third kappa shape index (κ3) is 68.4. The van der Waals surface area contributed by atoms with Crippen LogP contribution in [0.4, 0.5) is 0 Å². The smallest absolute Gasteiger partial charge is 0.870 e. The summed E-state index contributed by atoms with van der Waals surface area (Å²) in [4.78, 5) is 39.5. The van der Waals surface area contributed by atoms with Crippen LogP contribution in [0.5, 0.6) is 0 Å². The second-order valence-electron chi connectivity index (χ2n) is 13.5. The topological polar surface area (TPSA) is 696 Å². The van der Waals surface area contributed by atoms with E-state index in [1.165, 1.54) is 26.4 Å². The molecule has 480 valence electrons. The normalized spacial score (nSPS) is 29.6. The Kier molecular flexibility index (Phi) is 106. The standard InChI is InChI=1S/C31H42NO18.CO2.2HNO2S.9Na.5O3S.H2O/c1-12-19(46-31-27(40)26(39)29(20(9-33)47-31)50-24-7-17(36)25(38)13(2)43-24)5-15(32-11-34)30(45-12)48-21-10-42-23(6-16(21)35)49-28-14(3)44-22(41-4)8-18(28)37;2-1-3;2*1-4(2)3;;;;;;;;;;5*1-4(2)3;/h5-8,10-31,35-40H,1-3H2,4H3,(H,32,34);;2*1H;;;;;;;;;;;;;;;1H2/q-9;;;;9*+1;;;;;;/p-1/t12?,13-,14?,15?,16+,17+,18+,19-,20-,21+,22-,23-,24+,25+,26+,27?,28+,29+,30+,31+;;;;;;;;;;;;;;;;;;/m0................../s1. The number of hydrogen-bond donors (Lipinski definition) is 9. The van der Waals surface area contributed by atoms with E-state index in [0.29, 0.717) is 6.41 Å². The molecular weight excluding hydrogens is 1500 g/mol. The zero-order valence-electron chi connectivity index (χ0n) is 49.1. The van der Waals surface area contributed by atoms with Gasteiger partial charge >= 0.3 is 346 Å². The molecule has 5 rings (SSSR count). The molecular formula is C32H45N3Na9O40S7-. The molecule has 20 atom stereocenters. The molecule has 5 aliphatic rings. The Morgan fingerprint density at radius 1 is 0.495 bits per heavy atom. The van der Waals surface area contributed by atoms with Crippen molar-refractivity contribution < 1.29 is 449 Å². The molecule has 5 aliphatic heterocycles. The van der Waals surface area contributed by atoms with Crippen LogP contribution in [0.15, 0.2) is 0 Å². The first-order valence-electron chi connectivity index (χ1n) is 19.6. The number of carbonyl (C=O) groups excluding carboxylic acids is 4. The molecule has 0 aliphatic carbocycles. The van der Waals surface area contributed by atoms with Crippen molar-refractivity contribution in [3.63, 3.8) is 0 Å². The number of aliphatic hydroxyl groups is 6. The van der Waals surface area contributed by atoms with E-state index >= 15 is 0 Å². The summed E-state index contributed by atoms with van der Waals surface area (Å²) < 4.78 is 228. The maximum Gasteiger partial charge on any atom is 1.00 e. The predicted octanol–water partition coefficient (Wildman–Crippen LogP) is -38.2. The van der Waals surface area contributed by atoms with Crippen molar-refractivity contribution >= 4 is 92.9 Å². The fourth-order valence-corrected chi connectivity index (χ4v) is 5.73. The Hall–Kier alpha value is 4.18. The fourth-order valence-electron chi connectivity index (χ4n) is 5.73. The quantitative estimate of drug-likeness (QED) is 0.0498. The van der Waals surface area contributed by atoms with Gasteiger partial charge in [0, 0.05) is 26.0 Å². The van der Waals surface area contributed by atoms with Crippen LogP contribution in [0.3, 0.4) is 0 Å². The summed E-state index contributed by atoms with van der Waals surface area (Å²) in [6, 6.07) is -1.03. The van der Waals surface area contributed by atoms with E-state index in [4.69, 9.17) is 146 Å². The monoisotopic (exact) mass is 1540 g/mol. The van der Waals surface area contributed by atoms with Gasteiger partial charge in [0.1, 0.15) is 18.5 Å². The molecule has 0 spiro atoms. The third-order valence-corrected chi connectivity index (χ3v) is 8.48. The van der Waals surface area contributed by atoms with Crippen LogP contribution in [0.2, 0.25) is 0 Å². The van der Waals surface area contributed by atoms with Crippen LogP contribution in [0.1, 0.15) is 0 Å². The molecule has 0 aromatic heterocycles. The van der Waals surface area contributed by atoms with Crippen molar-refractivity contribution in [2.24, 2.45) is 0 Å². The maximum atomic E-state index is 11.8. The van der Waals surface area contributed by atoms with E-state index in [1.807, 2.05) is 0 Å². The first-order valence-corrected chi connectivity index (χ1v) is 26.8. The van der Waals surface area contributed by atoms with Crippen LogP contribution in [0, 0.1) is 62.6 Å². The van der Waals surface area contributed by atoms with Gasteiger partial charge in [-0.25, -0.2) is 25.5 Å². The van der Waals surface area contributed by atoms with Crippen molar-refractivity contribution in [3.05, 3.63) is 53.1 Å². The van der Waals surface area contributed by atoms with Crippen molar-refractivity contribution in [1.29, 1.82) is 9.56 Å². The van der Waals surface area contributed by atoms with Crippen LogP contribution < -0.4 is 271 Å². The summed E-state index contributed by atoms with van der Waals surface area (Å²) in [5.74, 6) is 0. The fraction of sp³-hybridized carbons (Fsp3) is 0.656. The minimum absolute atomic E-state index is 0. The number of nitrogens with one attached hydrogen (secondary N) is 3. The molecule has 0 aromatic carbocycles. The number of hydrogen-bond acceptors (Lipinski definition) is 42. The average molecular weight is 1540 g/mol. The van der Waals surface area contributed by atoms with Crippen LogP contribution in [-0.2, 0) is 141 Å². The minimum Gasteiger partial charge on any atom is -0.870 e. The van der Waals surface area contributed by atoms with E-state index in [9.17, 15) is 40.2 Å². The zero-order chi connectivity index (χ0) is 64.0. The van der Waals surface area contributed by atoms with Gasteiger partial charge in [0.25, 0.3) is 0 Å². The Balaban J connectivity index is -0.000000101. The largest absolute Gasteiger partial charge is 1.00 e. The van der Waals surface area contributed by atoms with Gasteiger partial charge in [-0.1, -0.05) is 18.3 Å². The number of methoxy groups -OCH3 is 1. The molecule has 0 radical (unpaired) electrons. The van der Waals surface area contributed by atoms with Crippen LogP contribution >= 0.6 is 0 Å². The van der Waals surface area contributed by atoms with Gasteiger partial charge in [-0.2, -0.15) is 42.6 Å². The van der Waals surface area contributed by atoms with Crippen molar-refractivity contribution in [1.82, 2.24) is 5.32 Å². The molecule has 5 fully saturated rings. The molecule has 10 N–H and O–H groups in total. The third-order valence-electron chi connectivity index (χ3n) is 8.48. The number of aliphatic hydroxyl groups excluding tert-OH is 6. The molecule has 43 nitrogen and oxygen atoms in total. The molecule has 1 amide bonds. The van der Waals surface area contributed by atoms with E-state index < -0.39 is 197 Å². The van der Waals surface area contributed by atoms with Crippen LogP contribution in [0.25, 0.3) is 0 Å². The SMILES string of the molecule is N=S(=O)=O.N=S(=O)=O.O=C=O.O=S(=O)=O.O=S(=O)=O.O=S(=O)=O.O=S(=O)=O.O=S(=O)=O.[CH2-]C1O[C@H](O[C@@H]2[CH-]O[C@@H](O[C@@H]3C([CH2-])O[C@H](OC)[CH-][C@H]3O)[CH-][C@H]2O)C(NC=O)[CH-][C@@H]1O[C@@H]1O[C@@H]([C-]=O)[C@@H](O[C@@H]2[CH-][C@@H](O)[C@H](O)[C@H]([CH2-])O2)[C@H](O)C1O.[Na+].[Na+].[Na+].[Na+].[Na+].[Na+].[Na+].[Na+].[Na+].[OH-]. The van der Waals surface area contributed by atoms with Crippen molar-refractivity contribution in [2.75, 3.05) is 7.11 Å². The number of ether oxygens (including phenoxy) is 10. The Morgan fingerprint density at radius 2 is 0.857 bits per heavy atom. The van der Waals surface area contributed by atoms with Gasteiger partial charge in [0.2, 0.25) is 6.41 Å². The first-order chi connectivity index (χ1) is 37.4. The molecule has 0 aromatic rings. The molecule has 4 unspecified atom stereocenters. The number of carbonyl (C=O) groups is 1. The predicted molar refractivity (Wildman–Crippen MR) is 237 cm³/mol. The van der Waals surface area contributed by atoms with E-state index in [1.54, 1.807) is 6.29 Å². The molecule has 0 saturated carbocycles. The summed E-state index contributed by atoms with van der Waals surface area (Å²) >= 11 is 0. The van der Waals surface area contributed by atoms with Gasteiger partial charge in [-0.3, -0.25) is 11.2 Å². The van der Waals surface area contributed by atoms with Gasteiger partial charge in [0.15, 0.2) is 6.29 Å². The van der Waals surface area contributed by atoms with Crippen molar-refractivity contribution in [2.45, 2.75) is 123 Å². The molecule has 0 bridgehead atoms. The summed E-state index contributed by atoms with van der Waals surface area (Å²) in [6.45, 7) is 12.4.